The Morgan fingerprint density at radius 3 is 2.58 bits per heavy atom. The molecule has 6 nitrogen and oxygen atoms in total. The summed E-state index contributed by atoms with van der Waals surface area (Å²) in [5, 5.41) is 2.41. The van der Waals surface area contributed by atoms with Crippen LogP contribution in [0.3, 0.4) is 0 Å². The fourth-order valence-electron chi connectivity index (χ4n) is 1.53. The topological polar surface area (TPSA) is 92.5 Å². The van der Waals surface area contributed by atoms with Crippen LogP contribution in [0.25, 0.3) is 0 Å². The summed E-state index contributed by atoms with van der Waals surface area (Å²) in [4.78, 5) is 11.2. The number of nitrogens with zero attached hydrogens (tertiary/aromatic N) is 1. The van der Waals surface area contributed by atoms with E-state index in [9.17, 15) is 13.2 Å². The molecule has 0 saturated carbocycles. The zero-order valence-corrected chi connectivity index (χ0v) is 12.3. The van der Waals surface area contributed by atoms with Gasteiger partial charge in [0.25, 0.3) is 0 Å². The Labute approximate surface area is 117 Å². The van der Waals surface area contributed by atoms with Gasteiger partial charge >= 0.3 is 0 Å². The van der Waals surface area contributed by atoms with E-state index < -0.39 is 15.9 Å². The minimum absolute atomic E-state index is 0.0374. The highest BCUT2D eigenvalue weighted by molar-refractivity contribution is 7.89. The maximum atomic E-state index is 12.4. The number of nitrogens with two attached hydrogens (primary N) is 1. The molecular formula is C11H16ClN3O3S. The maximum absolute atomic E-state index is 12.4. The number of hydrogen-bond acceptors (Lipinski definition) is 4. The smallest absolute Gasteiger partial charge is 0.247 e. The van der Waals surface area contributed by atoms with Crippen LogP contribution in [0.2, 0.25) is 5.02 Å². The third kappa shape index (κ3) is 3.37. The summed E-state index contributed by atoms with van der Waals surface area (Å²) in [5.74, 6) is -0.406. The number of nitrogen functional groups attached to an aromatic ring is 1. The number of amides is 1. The van der Waals surface area contributed by atoms with E-state index in [1.807, 2.05) is 0 Å². The first kappa shape index (κ1) is 15.7. The molecule has 106 valence electrons. The number of halogens is 1. The molecular weight excluding hydrogens is 290 g/mol. The van der Waals surface area contributed by atoms with Gasteiger partial charge in [-0.15, -0.1) is 0 Å². The number of anilines is 1. The summed E-state index contributed by atoms with van der Waals surface area (Å²) in [7, 11) is -2.46. The van der Waals surface area contributed by atoms with Crippen molar-refractivity contribution >= 4 is 33.2 Å². The lowest BCUT2D eigenvalue weighted by molar-refractivity contribution is -0.120. The molecule has 0 spiro atoms. The van der Waals surface area contributed by atoms with Gasteiger partial charge in [-0.25, -0.2) is 8.42 Å². The van der Waals surface area contributed by atoms with E-state index >= 15 is 0 Å². The normalized spacial score (nSPS) is 11.6. The molecule has 0 aromatic heterocycles. The molecule has 0 radical (unpaired) electrons. The SMILES string of the molecule is CCN(CC(=O)NC)S(=O)(=O)c1c(N)cccc1Cl. The lowest BCUT2D eigenvalue weighted by Gasteiger charge is -2.21. The molecule has 0 bridgehead atoms. The van der Waals surface area contributed by atoms with Crippen LogP contribution in [0.1, 0.15) is 6.92 Å². The Morgan fingerprint density at radius 2 is 2.11 bits per heavy atom. The summed E-state index contributed by atoms with van der Waals surface area (Å²) in [6.07, 6.45) is 0. The first-order valence-electron chi connectivity index (χ1n) is 5.59. The molecule has 0 fully saturated rings. The average molecular weight is 306 g/mol. The number of likely N-dealkylation sites (N-methyl/N-ethyl adjacent to an activating group) is 2. The van der Waals surface area contributed by atoms with Crippen LogP contribution in [0.5, 0.6) is 0 Å². The highest BCUT2D eigenvalue weighted by Crippen LogP contribution is 2.29. The quantitative estimate of drug-likeness (QED) is 0.782. The molecule has 0 heterocycles. The van der Waals surface area contributed by atoms with Gasteiger partial charge in [-0.2, -0.15) is 4.31 Å². The van der Waals surface area contributed by atoms with E-state index in [4.69, 9.17) is 17.3 Å². The van der Waals surface area contributed by atoms with E-state index in [1.54, 1.807) is 13.0 Å². The van der Waals surface area contributed by atoms with E-state index in [1.165, 1.54) is 19.2 Å². The van der Waals surface area contributed by atoms with E-state index in [0.717, 1.165) is 4.31 Å². The van der Waals surface area contributed by atoms with Crippen molar-refractivity contribution in [2.24, 2.45) is 0 Å². The summed E-state index contributed by atoms with van der Waals surface area (Å²) in [5.41, 5.74) is 5.73. The molecule has 0 atom stereocenters. The molecule has 1 amide bonds. The Kier molecular flexibility index (Phi) is 5.16. The van der Waals surface area contributed by atoms with Gasteiger partial charge in [0, 0.05) is 13.6 Å². The molecule has 1 aromatic carbocycles. The molecule has 1 aromatic rings. The number of hydrogen-bond donors (Lipinski definition) is 2. The van der Waals surface area contributed by atoms with Crippen molar-refractivity contribution in [3.63, 3.8) is 0 Å². The van der Waals surface area contributed by atoms with Gasteiger partial charge < -0.3 is 11.1 Å². The lowest BCUT2D eigenvalue weighted by Crippen LogP contribution is -2.39. The second-order valence-corrected chi connectivity index (χ2v) is 6.04. The third-order valence-corrected chi connectivity index (χ3v) is 5.01. The second kappa shape index (κ2) is 6.23. The van der Waals surface area contributed by atoms with Gasteiger partial charge in [0.15, 0.2) is 0 Å². The van der Waals surface area contributed by atoms with Crippen molar-refractivity contribution in [3.05, 3.63) is 23.2 Å². The Morgan fingerprint density at radius 1 is 1.47 bits per heavy atom. The highest BCUT2D eigenvalue weighted by Gasteiger charge is 2.29. The zero-order valence-electron chi connectivity index (χ0n) is 10.7. The molecule has 0 aliphatic rings. The van der Waals surface area contributed by atoms with Crippen molar-refractivity contribution in [1.29, 1.82) is 0 Å². The van der Waals surface area contributed by atoms with Crippen molar-refractivity contribution in [3.8, 4) is 0 Å². The van der Waals surface area contributed by atoms with Gasteiger partial charge in [-0.3, -0.25) is 4.79 Å². The number of nitrogens with one attached hydrogen (secondary N) is 1. The monoisotopic (exact) mass is 305 g/mol. The van der Waals surface area contributed by atoms with Crippen molar-refractivity contribution < 1.29 is 13.2 Å². The summed E-state index contributed by atoms with van der Waals surface area (Å²) >= 11 is 5.90. The average Bonchev–Trinajstić information content (AvgIpc) is 2.34. The predicted octanol–water partition coefficient (Wildman–Crippen LogP) is 0.679. The van der Waals surface area contributed by atoms with Gasteiger partial charge in [-0.05, 0) is 12.1 Å². The summed E-state index contributed by atoms with van der Waals surface area (Å²) in [6.45, 7) is 1.49. The molecule has 19 heavy (non-hydrogen) atoms. The first-order chi connectivity index (χ1) is 8.84. The Balaban J connectivity index is 3.25. The summed E-state index contributed by atoms with van der Waals surface area (Å²) in [6, 6.07) is 4.46. The maximum Gasteiger partial charge on any atom is 0.247 e. The molecule has 8 heteroatoms. The zero-order chi connectivity index (χ0) is 14.6. The molecule has 0 aliphatic carbocycles. The molecule has 3 N–H and O–H groups in total. The van der Waals surface area contributed by atoms with Crippen LogP contribution in [-0.2, 0) is 14.8 Å². The van der Waals surface area contributed by atoms with E-state index in [-0.39, 0.29) is 28.7 Å². The second-order valence-electron chi connectivity index (χ2n) is 3.76. The lowest BCUT2D eigenvalue weighted by atomic mass is 10.3. The molecule has 0 unspecified atom stereocenters. The minimum Gasteiger partial charge on any atom is -0.398 e. The van der Waals surface area contributed by atoms with Gasteiger partial charge in [0.05, 0.1) is 17.3 Å². The van der Waals surface area contributed by atoms with Crippen LogP contribution in [0, 0.1) is 0 Å². The van der Waals surface area contributed by atoms with Gasteiger partial charge in [0.1, 0.15) is 4.90 Å². The van der Waals surface area contributed by atoms with Crippen LogP contribution in [0.15, 0.2) is 23.1 Å². The van der Waals surface area contributed by atoms with Gasteiger partial charge in [-0.1, -0.05) is 24.6 Å². The number of benzene rings is 1. The van der Waals surface area contributed by atoms with Crippen LogP contribution < -0.4 is 11.1 Å². The predicted molar refractivity (Wildman–Crippen MR) is 74.4 cm³/mol. The fourth-order valence-corrected chi connectivity index (χ4v) is 3.57. The molecule has 0 aliphatic heterocycles. The Hall–Kier alpha value is -1.31. The Bertz CT molecular complexity index is 554. The molecule has 0 saturated heterocycles. The van der Waals surface area contributed by atoms with Crippen molar-refractivity contribution in [2.75, 3.05) is 25.9 Å². The fraction of sp³-hybridized carbons (Fsp3) is 0.364. The third-order valence-electron chi connectivity index (χ3n) is 2.55. The number of rotatable bonds is 5. The van der Waals surface area contributed by atoms with Crippen molar-refractivity contribution in [1.82, 2.24) is 9.62 Å². The van der Waals surface area contributed by atoms with Crippen LogP contribution in [0.4, 0.5) is 5.69 Å². The number of carbonyl (C=O) groups is 1. The molecule has 1 rings (SSSR count). The standard InChI is InChI=1S/C11H16ClN3O3S/c1-3-15(7-10(16)14-2)19(17,18)11-8(12)5-4-6-9(11)13/h4-6H,3,7,13H2,1-2H3,(H,14,16). The highest BCUT2D eigenvalue weighted by atomic mass is 35.5. The number of sulfonamides is 1. The van der Waals surface area contributed by atoms with E-state index in [0.29, 0.717) is 0 Å². The van der Waals surface area contributed by atoms with Crippen LogP contribution in [-0.4, -0.2) is 38.8 Å². The van der Waals surface area contributed by atoms with Crippen LogP contribution >= 0.6 is 11.6 Å². The largest absolute Gasteiger partial charge is 0.398 e. The van der Waals surface area contributed by atoms with Gasteiger partial charge in [0.2, 0.25) is 15.9 Å². The first-order valence-corrected chi connectivity index (χ1v) is 7.41. The van der Waals surface area contributed by atoms with Crippen molar-refractivity contribution in [2.45, 2.75) is 11.8 Å². The van der Waals surface area contributed by atoms with E-state index in [2.05, 4.69) is 5.32 Å². The number of carbonyl (C=O) groups excluding carboxylic acids is 1. The minimum atomic E-state index is -3.90. The summed E-state index contributed by atoms with van der Waals surface area (Å²) < 4.78 is 25.9.